The van der Waals surface area contributed by atoms with Gasteiger partial charge in [-0.05, 0) is 48.7 Å². The van der Waals surface area contributed by atoms with Crippen molar-refractivity contribution in [3.63, 3.8) is 0 Å². The van der Waals surface area contributed by atoms with Crippen LogP contribution in [0.15, 0.2) is 54.7 Å². The lowest BCUT2D eigenvalue weighted by atomic mass is 9.99. The van der Waals surface area contributed by atoms with Crippen molar-refractivity contribution in [1.29, 1.82) is 0 Å². The molecule has 0 aliphatic carbocycles. The summed E-state index contributed by atoms with van der Waals surface area (Å²) in [5.74, 6) is 1.51. The van der Waals surface area contributed by atoms with Gasteiger partial charge in [0.25, 0.3) is 0 Å². The van der Waals surface area contributed by atoms with Gasteiger partial charge in [0.1, 0.15) is 28.6 Å². The van der Waals surface area contributed by atoms with Crippen molar-refractivity contribution in [2.75, 3.05) is 19.0 Å². The molecule has 0 spiro atoms. The molecule has 0 saturated carbocycles. The molecule has 0 aliphatic heterocycles. The van der Waals surface area contributed by atoms with E-state index in [0.29, 0.717) is 52.8 Å². The number of pyridine rings is 1. The summed E-state index contributed by atoms with van der Waals surface area (Å²) in [6.07, 6.45) is 2.34. The van der Waals surface area contributed by atoms with Crippen molar-refractivity contribution in [3.8, 4) is 28.4 Å². The predicted molar refractivity (Wildman–Crippen MR) is 118 cm³/mol. The summed E-state index contributed by atoms with van der Waals surface area (Å²) in [5, 5.41) is 3.90. The minimum absolute atomic E-state index is 0.209. The van der Waals surface area contributed by atoms with E-state index in [4.69, 9.17) is 9.72 Å². The molecule has 0 amide bonds. The summed E-state index contributed by atoms with van der Waals surface area (Å²) in [7, 11) is 1.80. The van der Waals surface area contributed by atoms with E-state index in [-0.39, 0.29) is 5.82 Å². The summed E-state index contributed by atoms with van der Waals surface area (Å²) in [6.45, 7) is 4.32. The Morgan fingerprint density at radius 3 is 2.60 bits per heavy atom. The number of ether oxygens (including phenoxy) is 1. The second-order valence-electron chi connectivity index (χ2n) is 6.80. The number of fused-ring (bicyclic) bond motifs is 1. The Balaban J connectivity index is 1.99. The van der Waals surface area contributed by atoms with Crippen LogP contribution in [-0.4, -0.2) is 28.6 Å². The normalized spacial score (nSPS) is 10.9. The van der Waals surface area contributed by atoms with E-state index in [1.54, 1.807) is 19.3 Å². The molecule has 2 heterocycles. The molecule has 0 atom stereocenters. The van der Waals surface area contributed by atoms with Crippen molar-refractivity contribution >= 4 is 16.7 Å². The van der Waals surface area contributed by atoms with Gasteiger partial charge in [0.2, 0.25) is 0 Å². The fourth-order valence-electron chi connectivity index (χ4n) is 3.50. The lowest BCUT2D eigenvalue weighted by Crippen LogP contribution is -2.03. The van der Waals surface area contributed by atoms with Crippen LogP contribution >= 0.6 is 0 Å². The third-order valence-electron chi connectivity index (χ3n) is 4.97. The van der Waals surface area contributed by atoms with Gasteiger partial charge >= 0.3 is 0 Å². The molecular weight excluding hydrogens is 379 g/mol. The average Bonchev–Trinajstić information content (AvgIpc) is 2.79. The van der Waals surface area contributed by atoms with E-state index in [1.165, 1.54) is 0 Å². The zero-order valence-electron chi connectivity index (χ0n) is 17.2. The first-order valence-corrected chi connectivity index (χ1v) is 10.0. The summed E-state index contributed by atoms with van der Waals surface area (Å²) in [5.41, 5.74) is 3.27. The Labute approximate surface area is 175 Å². The molecule has 1 N–H and O–H groups in total. The number of nitrogens with zero attached hydrogens (tertiary/aromatic N) is 3. The van der Waals surface area contributed by atoms with E-state index in [0.717, 1.165) is 10.9 Å². The minimum Gasteiger partial charge on any atom is -0.492 e. The van der Waals surface area contributed by atoms with Crippen molar-refractivity contribution in [2.24, 2.45) is 0 Å². The van der Waals surface area contributed by atoms with Crippen LogP contribution in [0.5, 0.6) is 5.75 Å². The molecular formula is C24H23FN4O. The molecule has 4 aromatic rings. The summed E-state index contributed by atoms with van der Waals surface area (Å²) < 4.78 is 21.0. The third-order valence-corrected chi connectivity index (χ3v) is 4.97. The van der Waals surface area contributed by atoms with Gasteiger partial charge in [-0.25, -0.2) is 14.4 Å². The molecule has 0 bridgehead atoms. The first-order valence-electron chi connectivity index (χ1n) is 10.0. The molecule has 5 nitrogen and oxygen atoms in total. The second-order valence-corrected chi connectivity index (χ2v) is 6.80. The van der Waals surface area contributed by atoms with E-state index >= 15 is 4.39 Å². The molecule has 0 aliphatic rings. The smallest absolute Gasteiger partial charge is 0.180 e. The van der Waals surface area contributed by atoms with Crippen LogP contribution in [-0.2, 0) is 6.42 Å². The van der Waals surface area contributed by atoms with Crippen molar-refractivity contribution in [1.82, 2.24) is 15.0 Å². The number of hydrogen-bond acceptors (Lipinski definition) is 5. The molecule has 2 aromatic heterocycles. The third kappa shape index (κ3) is 3.56. The van der Waals surface area contributed by atoms with Gasteiger partial charge in [-0.15, -0.1) is 0 Å². The van der Waals surface area contributed by atoms with E-state index in [1.807, 2.05) is 56.3 Å². The van der Waals surface area contributed by atoms with Gasteiger partial charge in [0.05, 0.1) is 6.61 Å². The van der Waals surface area contributed by atoms with Crippen molar-refractivity contribution in [3.05, 3.63) is 66.1 Å². The SMILES string of the molecule is CCOc1cc(-c2cccc(CC)c2F)cc2c(NC)nc(-c3ccccn3)nc12. The number of halogens is 1. The number of anilines is 1. The first kappa shape index (κ1) is 19.8. The molecule has 30 heavy (non-hydrogen) atoms. The predicted octanol–water partition coefficient (Wildman–Crippen LogP) is 5.50. The van der Waals surface area contributed by atoms with Gasteiger partial charge in [0, 0.05) is 24.2 Å². The van der Waals surface area contributed by atoms with Gasteiger partial charge in [-0.3, -0.25) is 4.98 Å². The Hall–Kier alpha value is -3.54. The molecule has 2 aromatic carbocycles. The maximum Gasteiger partial charge on any atom is 0.180 e. The highest BCUT2D eigenvalue weighted by atomic mass is 19.1. The lowest BCUT2D eigenvalue weighted by molar-refractivity contribution is 0.344. The number of hydrogen-bond donors (Lipinski definition) is 1. The molecule has 0 fully saturated rings. The highest BCUT2D eigenvalue weighted by Crippen LogP contribution is 2.37. The van der Waals surface area contributed by atoms with Crippen LogP contribution in [0.1, 0.15) is 19.4 Å². The summed E-state index contributed by atoms with van der Waals surface area (Å²) in [4.78, 5) is 13.7. The van der Waals surface area contributed by atoms with E-state index < -0.39 is 0 Å². The Kier molecular flexibility index (Phi) is 5.57. The maximum absolute atomic E-state index is 15.0. The molecule has 0 saturated heterocycles. The minimum atomic E-state index is -0.209. The van der Waals surface area contributed by atoms with Crippen LogP contribution in [0.3, 0.4) is 0 Å². The van der Waals surface area contributed by atoms with Crippen molar-refractivity contribution < 1.29 is 9.13 Å². The van der Waals surface area contributed by atoms with Crippen molar-refractivity contribution in [2.45, 2.75) is 20.3 Å². The number of rotatable bonds is 6. The molecule has 0 unspecified atom stereocenters. The fraction of sp³-hybridized carbons (Fsp3) is 0.208. The van der Waals surface area contributed by atoms with E-state index in [2.05, 4.69) is 15.3 Å². The van der Waals surface area contributed by atoms with Crippen LogP contribution in [0.25, 0.3) is 33.5 Å². The van der Waals surface area contributed by atoms with Crippen LogP contribution in [0.4, 0.5) is 10.2 Å². The number of benzene rings is 2. The number of aryl methyl sites for hydroxylation is 1. The summed E-state index contributed by atoms with van der Waals surface area (Å²) in [6, 6.07) is 14.8. The molecule has 0 radical (unpaired) electrons. The fourth-order valence-corrected chi connectivity index (χ4v) is 3.50. The first-order chi connectivity index (χ1) is 14.7. The Morgan fingerprint density at radius 1 is 1.03 bits per heavy atom. The molecule has 152 valence electrons. The van der Waals surface area contributed by atoms with Crippen LogP contribution < -0.4 is 10.1 Å². The number of aromatic nitrogens is 3. The molecule has 6 heteroatoms. The summed E-state index contributed by atoms with van der Waals surface area (Å²) >= 11 is 0. The quantitative estimate of drug-likeness (QED) is 0.461. The van der Waals surface area contributed by atoms with Gasteiger partial charge < -0.3 is 10.1 Å². The number of nitrogens with one attached hydrogen (secondary N) is 1. The monoisotopic (exact) mass is 402 g/mol. The Morgan fingerprint density at radius 2 is 1.90 bits per heavy atom. The average molecular weight is 402 g/mol. The van der Waals surface area contributed by atoms with Crippen LogP contribution in [0, 0.1) is 5.82 Å². The standard InChI is InChI=1S/C24H23FN4O/c1-4-15-9-8-10-17(21(15)25)16-13-18-22(20(14-16)30-5-2)28-24(29-23(18)26-3)19-11-6-7-12-27-19/h6-14H,4-5H2,1-3H3,(H,26,28,29). The highest BCUT2D eigenvalue weighted by molar-refractivity contribution is 5.97. The zero-order valence-corrected chi connectivity index (χ0v) is 17.2. The topological polar surface area (TPSA) is 59.9 Å². The Bertz CT molecular complexity index is 1190. The maximum atomic E-state index is 15.0. The second kappa shape index (κ2) is 8.45. The largest absolute Gasteiger partial charge is 0.492 e. The van der Waals surface area contributed by atoms with Gasteiger partial charge in [-0.1, -0.05) is 31.2 Å². The van der Waals surface area contributed by atoms with E-state index in [9.17, 15) is 0 Å². The molecule has 4 rings (SSSR count). The lowest BCUT2D eigenvalue weighted by Gasteiger charge is -2.15. The van der Waals surface area contributed by atoms with Gasteiger partial charge in [-0.2, -0.15) is 0 Å². The zero-order chi connectivity index (χ0) is 21.1. The highest BCUT2D eigenvalue weighted by Gasteiger charge is 2.17. The van der Waals surface area contributed by atoms with Crippen LogP contribution in [0.2, 0.25) is 0 Å². The van der Waals surface area contributed by atoms with Gasteiger partial charge in [0.15, 0.2) is 5.82 Å².